The first-order chi connectivity index (χ1) is 6.57. The average molecular weight is 213 g/mol. The van der Waals surface area contributed by atoms with E-state index < -0.39 is 12.0 Å². The van der Waals surface area contributed by atoms with Crippen LogP contribution in [0.1, 0.15) is 13.3 Å². The van der Waals surface area contributed by atoms with Crippen molar-refractivity contribution in [3.8, 4) is 12.3 Å². The Morgan fingerprint density at radius 1 is 1.71 bits per heavy atom. The molecule has 1 N–H and O–H groups in total. The van der Waals surface area contributed by atoms with E-state index in [4.69, 9.17) is 11.5 Å². The number of carbonyl (C=O) groups excluding carboxylic acids is 1. The molecule has 0 bridgehead atoms. The van der Waals surface area contributed by atoms with E-state index in [1.165, 1.54) is 16.7 Å². The minimum atomic E-state index is -0.966. The normalized spacial score (nSPS) is 25.9. The minimum Gasteiger partial charge on any atom is -0.480 e. The summed E-state index contributed by atoms with van der Waals surface area (Å²) in [5, 5.41) is 8.76. The van der Waals surface area contributed by atoms with Crippen LogP contribution in [0.5, 0.6) is 0 Å². The molecule has 0 aliphatic carbocycles. The lowest BCUT2D eigenvalue weighted by atomic mass is 10.2. The fourth-order valence-electron chi connectivity index (χ4n) is 1.39. The number of hydrogen-bond acceptors (Lipinski definition) is 3. The summed E-state index contributed by atoms with van der Waals surface area (Å²) in [6.07, 6.45) is 4.98. The van der Waals surface area contributed by atoms with Crippen molar-refractivity contribution in [2.75, 3.05) is 5.75 Å². The molecule has 0 aromatic rings. The quantitative estimate of drug-likeness (QED) is 0.674. The second kappa shape index (κ2) is 4.38. The van der Waals surface area contributed by atoms with E-state index in [9.17, 15) is 9.59 Å². The first kappa shape index (κ1) is 10.9. The van der Waals surface area contributed by atoms with Gasteiger partial charge >= 0.3 is 5.97 Å². The molecule has 5 heteroatoms. The Morgan fingerprint density at radius 2 is 2.36 bits per heavy atom. The smallest absolute Gasteiger partial charge is 0.327 e. The molecule has 0 spiro atoms. The zero-order chi connectivity index (χ0) is 10.7. The van der Waals surface area contributed by atoms with Gasteiger partial charge in [0.15, 0.2) is 0 Å². The number of nitrogens with zero attached hydrogens (tertiary/aromatic N) is 1. The van der Waals surface area contributed by atoms with Crippen LogP contribution in [0.3, 0.4) is 0 Å². The molecule has 76 valence electrons. The molecule has 1 rings (SSSR count). The van der Waals surface area contributed by atoms with Gasteiger partial charge in [-0.2, -0.15) is 0 Å². The number of carboxylic acid groups (broad SMARTS) is 1. The number of carbonyl (C=O) groups is 2. The van der Waals surface area contributed by atoms with Crippen molar-refractivity contribution in [3.05, 3.63) is 0 Å². The highest BCUT2D eigenvalue weighted by atomic mass is 32.2. The van der Waals surface area contributed by atoms with Gasteiger partial charge in [0.2, 0.25) is 5.91 Å². The molecule has 1 heterocycles. The Labute approximate surface area is 86.7 Å². The van der Waals surface area contributed by atoms with E-state index in [0.717, 1.165) is 0 Å². The second-order valence-electron chi connectivity index (χ2n) is 2.97. The van der Waals surface area contributed by atoms with Gasteiger partial charge in [-0.25, -0.2) is 4.79 Å². The summed E-state index contributed by atoms with van der Waals surface area (Å²) in [5.74, 6) is 1.42. The highest BCUT2D eigenvalue weighted by Gasteiger charge is 2.38. The van der Waals surface area contributed by atoms with Crippen LogP contribution in [0.2, 0.25) is 0 Å². The number of terminal acetylenes is 1. The maximum absolute atomic E-state index is 11.5. The Morgan fingerprint density at radius 3 is 2.86 bits per heavy atom. The largest absolute Gasteiger partial charge is 0.480 e. The molecule has 1 fully saturated rings. The van der Waals surface area contributed by atoms with E-state index in [0.29, 0.717) is 5.75 Å². The molecule has 2 atom stereocenters. The number of thioether (sulfide) groups is 1. The van der Waals surface area contributed by atoms with Gasteiger partial charge in [0.25, 0.3) is 0 Å². The summed E-state index contributed by atoms with van der Waals surface area (Å²) >= 11 is 1.45. The van der Waals surface area contributed by atoms with Gasteiger partial charge in [-0.05, 0) is 6.92 Å². The SMILES string of the molecule is C#CCC(=O)N1C(C)SCC1C(=O)O. The van der Waals surface area contributed by atoms with Crippen molar-refractivity contribution in [3.63, 3.8) is 0 Å². The van der Waals surface area contributed by atoms with Crippen molar-refractivity contribution in [1.29, 1.82) is 0 Å². The molecule has 2 unspecified atom stereocenters. The Hall–Kier alpha value is -1.15. The third-order valence-corrected chi connectivity index (χ3v) is 3.27. The molecule has 4 nitrogen and oxygen atoms in total. The van der Waals surface area contributed by atoms with Gasteiger partial charge in [-0.1, -0.05) is 5.92 Å². The van der Waals surface area contributed by atoms with Gasteiger partial charge in [0.1, 0.15) is 6.04 Å². The van der Waals surface area contributed by atoms with Gasteiger partial charge < -0.3 is 10.0 Å². The predicted octanol–water partition coefficient (Wildman–Crippen LogP) is 0.384. The first-order valence-electron chi connectivity index (χ1n) is 4.17. The maximum atomic E-state index is 11.5. The van der Waals surface area contributed by atoms with Crippen LogP contribution in [0.4, 0.5) is 0 Å². The number of aliphatic carboxylic acids is 1. The average Bonchev–Trinajstić information content (AvgIpc) is 2.47. The Kier molecular flexibility index (Phi) is 3.42. The third kappa shape index (κ3) is 2.02. The fourth-order valence-corrected chi connectivity index (χ4v) is 2.58. The van der Waals surface area contributed by atoms with Crippen LogP contribution < -0.4 is 0 Å². The fraction of sp³-hybridized carbons (Fsp3) is 0.556. The zero-order valence-electron chi connectivity index (χ0n) is 7.77. The van der Waals surface area contributed by atoms with E-state index in [1.54, 1.807) is 0 Å². The highest BCUT2D eigenvalue weighted by Crippen LogP contribution is 2.29. The summed E-state index contributed by atoms with van der Waals surface area (Å²) in [5.41, 5.74) is 0. The molecule has 14 heavy (non-hydrogen) atoms. The number of carboxylic acids is 1. The van der Waals surface area contributed by atoms with Crippen LogP contribution in [0.25, 0.3) is 0 Å². The summed E-state index contributed by atoms with van der Waals surface area (Å²) in [6, 6.07) is -0.726. The molecule has 1 aliphatic rings. The molecule has 1 amide bonds. The monoisotopic (exact) mass is 213 g/mol. The van der Waals surface area contributed by atoms with E-state index >= 15 is 0 Å². The van der Waals surface area contributed by atoms with Crippen LogP contribution in [-0.2, 0) is 9.59 Å². The number of amides is 1. The molecule has 0 saturated carbocycles. The van der Waals surface area contributed by atoms with Crippen LogP contribution in [0.15, 0.2) is 0 Å². The molecule has 1 saturated heterocycles. The van der Waals surface area contributed by atoms with Crippen LogP contribution in [-0.4, -0.2) is 39.1 Å². The van der Waals surface area contributed by atoms with E-state index in [2.05, 4.69) is 5.92 Å². The standard InChI is InChI=1S/C9H11NO3S/c1-3-4-8(11)10-6(2)14-5-7(10)9(12)13/h1,6-7H,4-5H2,2H3,(H,12,13). The van der Waals surface area contributed by atoms with Crippen molar-refractivity contribution in [2.45, 2.75) is 24.8 Å². The second-order valence-corrected chi connectivity index (χ2v) is 4.32. The topological polar surface area (TPSA) is 57.6 Å². The summed E-state index contributed by atoms with van der Waals surface area (Å²) in [7, 11) is 0. The van der Waals surface area contributed by atoms with Crippen LogP contribution >= 0.6 is 11.8 Å². The lowest BCUT2D eigenvalue weighted by Crippen LogP contribution is -2.44. The van der Waals surface area contributed by atoms with Crippen molar-refractivity contribution < 1.29 is 14.7 Å². The van der Waals surface area contributed by atoms with Crippen molar-refractivity contribution >= 4 is 23.6 Å². The van der Waals surface area contributed by atoms with Crippen molar-refractivity contribution in [2.24, 2.45) is 0 Å². The molecular weight excluding hydrogens is 202 g/mol. The summed E-state index contributed by atoms with van der Waals surface area (Å²) < 4.78 is 0. The number of rotatable bonds is 2. The Balaban J connectivity index is 2.77. The molecule has 1 aliphatic heterocycles. The highest BCUT2D eigenvalue weighted by molar-refractivity contribution is 8.00. The summed E-state index contributed by atoms with van der Waals surface area (Å²) in [6.45, 7) is 1.81. The van der Waals surface area contributed by atoms with Gasteiger partial charge in [-0.15, -0.1) is 18.2 Å². The third-order valence-electron chi connectivity index (χ3n) is 2.05. The van der Waals surface area contributed by atoms with Gasteiger partial charge in [0, 0.05) is 5.75 Å². The molecule has 0 aromatic heterocycles. The van der Waals surface area contributed by atoms with Gasteiger partial charge in [-0.3, -0.25) is 4.79 Å². The minimum absolute atomic E-state index is 0.0331. The summed E-state index contributed by atoms with van der Waals surface area (Å²) in [4.78, 5) is 23.6. The number of hydrogen-bond donors (Lipinski definition) is 1. The van der Waals surface area contributed by atoms with E-state index in [-0.39, 0.29) is 17.7 Å². The van der Waals surface area contributed by atoms with Gasteiger partial charge in [0.05, 0.1) is 11.8 Å². The van der Waals surface area contributed by atoms with Crippen LogP contribution in [0, 0.1) is 12.3 Å². The first-order valence-corrected chi connectivity index (χ1v) is 5.22. The lowest BCUT2D eigenvalue weighted by Gasteiger charge is -2.23. The zero-order valence-corrected chi connectivity index (χ0v) is 8.58. The maximum Gasteiger partial charge on any atom is 0.327 e. The molecule has 0 radical (unpaired) electrons. The van der Waals surface area contributed by atoms with Crippen molar-refractivity contribution in [1.82, 2.24) is 4.90 Å². The predicted molar refractivity (Wildman–Crippen MR) is 53.6 cm³/mol. The molecular formula is C9H11NO3S. The molecule has 0 aromatic carbocycles. The Bertz CT molecular complexity index is 297. The lowest BCUT2D eigenvalue weighted by molar-refractivity contribution is -0.148. The van der Waals surface area contributed by atoms with E-state index in [1.807, 2.05) is 6.92 Å².